The van der Waals surface area contributed by atoms with Crippen LogP contribution in [0.3, 0.4) is 0 Å². The molecule has 0 bridgehead atoms. The number of aliphatic hydroxyl groups excluding tert-OH is 1. The molecular weight excluding hydrogens is 231 g/mol. The zero-order valence-corrected chi connectivity index (χ0v) is 13.0. The normalized spacial score (nSPS) is 15.7. The van der Waals surface area contributed by atoms with Crippen molar-refractivity contribution in [2.45, 2.75) is 50.9 Å². The van der Waals surface area contributed by atoms with E-state index in [1.165, 1.54) is 0 Å². The molecule has 80 valence electrons. The van der Waals surface area contributed by atoms with Gasteiger partial charge in [-0.1, -0.05) is 26.7 Å². The van der Waals surface area contributed by atoms with Crippen molar-refractivity contribution in [2.24, 2.45) is 0 Å². The summed E-state index contributed by atoms with van der Waals surface area (Å²) in [6, 6.07) is 0. The second-order valence-corrected chi connectivity index (χ2v) is 4.74. The van der Waals surface area contributed by atoms with Crippen molar-refractivity contribution >= 4 is 10.1 Å². The van der Waals surface area contributed by atoms with Gasteiger partial charge in [0.2, 0.25) is 0 Å². The molecule has 0 saturated heterocycles. The molecule has 6 heteroatoms. The molecule has 0 saturated carbocycles. The summed E-state index contributed by atoms with van der Waals surface area (Å²) in [6.45, 7) is 3.54. The topological polar surface area (TPSA) is 77.4 Å². The molecule has 4 nitrogen and oxygen atoms in total. The number of aliphatic hydroxyl groups is 1. The molecule has 0 aromatic heterocycles. The Morgan fingerprint density at radius 3 is 2.14 bits per heavy atom. The first-order chi connectivity index (χ1) is 5.93. The largest absolute Gasteiger partial charge is 1.00 e. The van der Waals surface area contributed by atoms with Crippen LogP contribution in [0.1, 0.15) is 39.5 Å². The van der Waals surface area contributed by atoms with Gasteiger partial charge in [0.25, 0.3) is 0 Å². The molecule has 0 aliphatic heterocycles. The van der Waals surface area contributed by atoms with Gasteiger partial charge in [0.1, 0.15) is 10.1 Å². The van der Waals surface area contributed by atoms with E-state index in [1.54, 1.807) is 6.92 Å². The number of hydrogen-bond acceptors (Lipinski definition) is 4. The molecule has 0 amide bonds. The van der Waals surface area contributed by atoms with Gasteiger partial charge >= 0.3 is 51.4 Å². The van der Waals surface area contributed by atoms with Gasteiger partial charge in [0, 0.05) is 0 Å². The van der Waals surface area contributed by atoms with Crippen LogP contribution in [0.25, 0.3) is 0 Å². The van der Waals surface area contributed by atoms with Crippen molar-refractivity contribution in [1.82, 2.24) is 0 Å². The van der Waals surface area contributed by atoms with Gasteiger partial charge in [-0.05, 0) is 12.8 Å². The fourth-order valence-electron chi connectivity index (χ4n) is 1.27. The van der Waals surface area contributed by atoms with Crippen molar-refractivity contribution < 1.29 is 69.5 Å². The summed E-state index contributed by atoms with van der Waals surface area (Å²) < 4.78 is 32.0. The predicted molar refractivity (Wildman–Crippen MR) is 49.3 cm³/mol. The maximum atomic E-state index is 10.7. The van der Waals surface area contributed by atoms with E-state index in [9.17, 15) is 18.1 Å². The molecule has 0 rings (SSSR count). The van der Waals surface area contributed by atoms with Crippen LogP contribution in [0.2, 0.25) is 0 Å². The van der Waals surface area contributed by atoms with Gasteiger partial charge in [0.15, 0.2) is 0 Å². The fraction of sp³-hybridized carbons (Fsp3) is 1.00. The zero-order valence-electron chi connectivity index (χ0n) is 9.06. The van der Waals surface area contributed by atoms with Crippen LogP contribution in [-0.2, 0) is 10.1 Å². The Kier molecular flexibility index (Phi) is 11.0. The molecular formula is C8H17KO4S. The molecule has 14 heavy (non-hydrogen) atoms. The molecule has 0 radical (unpaired) electrons. The smallest absolute Gasteiger partial charge is 0.748 e. The number of unbranched alkanes of at least 4 members (excludes halogenated alkanes) is 1. The van der Waals surface area contributed by atoms with Crippen LogP contribution in [0, 0.1) is 0 Å². The standard InChI is InChI=1S/C8H18O4S.K/c1-3-5-6-7(9)8(4-2)13(10,11)12;/h7-9H,3-6H2,1-2H3,(H,10,11,12);/q;+1/p-1. The van der Waals surface area contributed by atoms with E-state index in [0.717, 1.165) is 12.8 Å². The van der Waals surface area contributed by atoms with E-state index in [0.29, 0.717) is 6.42 Å². The van der Waals surface area contributed by atoms with Gasteiger partial charge in [-0.3, -0.25) is 0 Å². The third-order valence-corrected chi connectivity index (χ3v) is 3.44. The number of hydrogen-bond donors (Lipinski definition) is 1. The molecule has 2 atom stereocenters. The Morgan fingerprint density at radius 2 is 1.86 bits per heavy atom. The monoisotopic (exact) mass is 248 g/mol. The first-order valence-corrected chi connectivity index (χ1v) is 6.03. The first kappa shape index (κ1) is 17.9. The summed E-state index contributed by atoms with van der Waals surface area (Å²) in [4.78, 5) is 0. The van der Waals surface area contributed by atoms with Gasteiger partial charge < -0.3 is 9.66 Å². The minimum absolute atomic E-state index is 0. The van der Waals surface area contributed by atoms with E-state index >= 15 is 0 Å². The molecule has 0 spiro atoms. The summed E-state index contributed by atoms with van der Waals surface area (Å²) in [5.74, 6) is 0. The molecule has 2 unspecified atom stereocenters. The van der Waals surface area contributed by atoms with Crippen LogP contribution < -0.4 is 51.4 Å². The minimum atomic E-state index is -4.34. The first-order valence-electron chi connectivity index (χ1n) is 4.56. The Bertz CT molecular complexity index is 227. The number of rotatable bonds is 6. The van der Waals surface area contributed by atoms with Crippen molar-refractivity contribution in [2.75, 3.05) is 0 Å². The van der Waals surface area contributed by atoms with E-state index < -0.39 is 21.5 Å². The van der Waals surface area contributed by atoms with E-state index in [-0.39, 0.29) is 57.8 Å². The molecule has 0 fully saturated rings. The average molecular weight is 248 g/mol. The Labute approximate surface area is 129 Å². The average Bonchev–Trinajstić information content (AvgIpc) is 1.99. The van der Waals surface area contributed by atoms with Crippen LogP contribution >= 0.6 is 0 Å². The molecule has 1 N–H and O–H groups in total. The van der Waals surface area contributed by atoms with Gasteiger partial charge in [-0.15, -0.1) is 0 Å². The molecule has 0 heterocycles. The third kappa shape index (κ3) is 6.89. The maximum Gasteiger partial charge on any atom is 1.00 e. The maximum absolute atomic E-state index is 10.7. The second kappa shape index (κ2) is 8.63. The van der Waals surface area contributed by atoms with Gasteiger partial charge in [0.05, 0.1) is 11.4 Å². The molecule has 0 aromatic rings. The minimum Gasteiger partial charge on any atom is -0.748 e. The van der Waals surface area contributed by atoms with Crippen LogP contribution in [0.15, 0.2) is 0 Å². The van der Waals surface area contributed by atoms with Gasteiger partial charge in [-0.25, -0.2) is 8.42 Å². The summed E-state index contributed by atoms with van der Waals surface area (Å²) in [5, 5.41) is 8.26. The summed E-state index contributed by atoms with van der Waals surface area (Å²) >= 11 is 0. The Hall–Kier alpha value is 1.51. The quantitative estimate of drug-likeness (QED) is 0.430. The SMILES string of the molecule is CCCCC(O)C(CC)S(=O)(=O)[O-].[K+]. The Balaban J connectivity index is 0. The molecule has 0 aliphatic carbocycles. The predicted octanol–water partition coefficient (Wildman–Crippen LogP) is -2.13. The summed E-state index contributed by atoms with van der Waals surface area (Å²) in [6.07, 6.45) is 1.18. The summed E-state index contributed by atoms with van der Waals surface area (Å²) in [7, 11) is -4.34. The zero-order chi connectivity index (χ0) is 10.5. The van der Waals surface area contributed by atoms with E-state index in [1.807, 2.05) is 6.92 Å². The van der Waals surface area contributed by atoms with Crippen molar-refractivity contribution in [3.05, 3.63) is 0 Å². The van der Waals surface area contributed by atoms with Crippen molar-refractivity contribution in [1.29, 1.82) is 0 Å². The third-order valence-electron chi connectivity index (χ3n) is 2.06. The molecule has 0 aromatic carbocycles. The van der Waals surface area contributed by atoms with Crippen molar-refractivity contribution in [3.63, 3.8) is 0 Å². The fourth-order valence-corrected chi connectivity index (χ4v) is 2.20. The van der Waals surface area contributed by atoms with Crippen LogP contribution in [0.4, 0.5) is 0 Å². The van der Waals surface area contributed by atoms with E-state index in [4.69, 9.17) is 0 Å². The molecule has 0 aliphatic rings. The van der Waals surface area contributed by atoms with Gasteiger partial charge in [-0.2, -0.15) is 0 Å². The van der Waals surface area contributed by atoms with Crippen LogP contribution in [-0.4, -0.2) is 29.4 Å². The van der Waals surface area contributed by atoms with Crippen molar-refractivity contribution in [3.8, 4) is 0 Å². The Morgan fingerprint density at radius 1 is 1.36 bits per heavy atom. The second-order valence-electron chi connectivity index (χ2n) is 3.15. The van der Waals surface area contributed by atoms with Crippen LogP contribution in [0.5, 0.6) is 0 Å². The summed E-state index contributed by atoms with van der Waals surface area (Å²) in [5.41, 5.74) is 0. The van der Waals surface area contributed by atoms with E-state index in [2.05, 4.69) is 0 Å².